The fraction of sp³-hybridized carbons (Fsp3) is 0.474. The number of carbonyl (C=O) groups is 4. The third kappa shape index (κ3) is 4.62. The van der Waals surface area contributed by atoms with Crippen LogP contribution in [0.2, 0.25) is 5.02 Å². The summed E-state index contributed by atoms with van der Waals surface area (Å²) in [4.78, 5) is 49.5. The standard InChI is InChI=1S/C19H23ClN4O4/c20-14-7-5-13(6-8-14)12-16(26)23-22-15(25)4-3-11-24-17(27)19(21-18(24)28)9-1-2-10-19/h5-8H,1-4,9-12H2,(H,21,28)(H,22,25)(H,23,26). The number of urea groups is 1. The molecule has 0 bridgehead atoms. The summed E-state index contributed by atoms with van der Waals surface area (Å²) >= 11 is 5.79. The van der Waals surface area contributed by atoms with Crippen molar-refractivity contribution in [3.63, 3.8) is 0 Å². The van der Waals surface area contributed by atoms with Crippen molar-refractivity contribution in [2.24, 2.45) is 0 Å². The Hall–Kier alpha value is -2.61. The molecule has 0 radical (unpaired) electrons. The smallest absolute Gasteiger partial charge is 0.323 e. The number of imide groups is 1. The lowest BCUT2D eigenvalue weighted by atomic mass is 9.98. The largest absolute Gasteiger partial charge is 0.325 e. The predicted octanol–water partition coefficient (Wildman–Crippen LogP) is 1.67. The van der Waals surface area contributed by atoms with Crippen molar-refractivity contribution in [1.29, 1.82) is 0 Å². The van der Waals surface area contributed by atoms with Gasteiger partial charge in [0.2, 0.25) is 11.8 Å². The van der Waals surface area contributed by atoms with Gasteiger partial charge in [-0.2, -0.15) is 0 Å². The van der Waals surface area contributed by atoms with E-state index in [9.17, 15) is 19.2 Å². The van der Waals surface area contributed by atoms with Crippen LogP contribution in [-0.4, -0.2) is 40.7 Å². The Balaban J connectivity index is 1.36. The highest BCUT2D eigenvalue weighted by Crippen LogP contribution is 2.35. The zero-order chi connectivity index (χ0) is 20.1. The van der Waals surface area contributed by atoms with E-state index in [0.717, 1.165) is 18.4 Å². The number of nitrogens with one attached hydrogen (secondary N) is 3. The second-order valence-corrected chi connectivity index (χ2v) is 7.62. The van der Waals surface area contributed by atoms with Crippen LogP contribution in [0.5, 0.6) is 0 Å². The molecule has 1 aromatic rings. The lowest BCUT2D eigenvalue weighted by Crippen LogP contribution is -2.44. The Morgan fingerprint density at radius 3 is 2.39 bits per heavy atom. The van der Waals surface area contributed by atoms with Gasteiger partial charge in [-0.3, -0.25) is 30.1 Å². The summed E-state index contributed by atoms with van der Waals surface area (Å²) < 4.78 is 0. The number of benzene rings is 1. The molecule has 1 aliphatic carbocycles. The first-order valence-corrected chi connectivity index (χ1v) is 9.74. The SMILES string of the molecule is O=C(CCCN1C(=O)NC2(CCCC2)C1=O)NNC(=O)Cc1ccc(Cl)cc1. The summed E-state index contributed by atoms with van der Waals surface area (Å²) in [5, 5.41) is 3.39. The molecule has 2 fully saturated rings. The van der Waals surface area contributed by atoms with Gasteiger partial charge in [0.05, 0.1) is 6.42 Å². The normalized spacial score (nSPS) is 17.7. The van der Waals surface area contributed by atoms with Crippen molar-refractivity contribution in [2.75, 3.05) is 6.54 Å². The van der Waals surface area contributed by atoms with Crippen molar-refractivity contribution in [1.82, 2.24) is 21.1 Å². The average molecular weight is 407 g/mol. The van der Waals surface area contributed by atoms with Crippen LogP contribution in [0.15, 0.2) is 24.3 Å². The van der Waals surface area contributed by atoms with E-state index in [0.29, 0.717) is 24.3 Å². The number of hydrogen-bond donors (Lipinski definition) is 3. The van der Waals surface area contributed by atoms with Crippen LogP contribution >= 0.6 is 11.6 Å². The molecule has 5 amide bonds. The molecule has 3 N–H and O–H groups in total. The third-order valence-corrected chi connectivity index (χ3v) is 5.36. The fourth-order valence-corrected chi connectivity index (χ4v) is 3.75. The van der Waals surface area contributed by atoms with Crippen LogP contribution < -0.4 is 16.2 Å². The zero-order valence-corrected chi connectivity index (χ0v) is 16.2. The highest BCUT2D eigenvalue weighted by Gasteiger charge is 2.51. The average Bonchev–Trinajstić information content (AvgIpc) is 3.22. The van der Waals surface area contributed by atoms with Gasteiger partial charge >= 0.3 is 6.03 Å². The molecule has 1 spiro atoms. The summed E-state index contributed by atoms with van der Waals surface area (Å²) in [6.45, 7) is 0.179. The summed E-state index contributed by atoms with van der Waals surface area (Å²) in [5.41, 5.74) is 4.74. The van der Waals surface area contributed by atoms with Gasteiger partial charge in [0.25, 0.3) is 5.91 Å². The minimum Gasteiger partial charge on any atom is -0.323 e. The van der Waals surface area contributed by atoms with E-state index in [1.807, 2.05) is 0 Å². The van der Waals surface area contributed by atoms with Crippen molar-refractivity contribution >= 4 is 35.4 Å². The molecule has 2 aliphatic rings. The maximum Gasteiger partial charge on any atom is 0.325 e. The number of carbonyl (C=O) groups excluding carboxylic acids is 4. The maximum absolute atomic E-state index is 12.5. The van der Waals surface area contributed by atoms with E-state index >= 15 is 0 Å². The van der Waals surface area contributed by atoms with E-state index < -0.39 is 5.54 Å². The van der Waals surface area contributed by atoms with Gasteiger partial charge in [-0.1, -0.05) is 36.6 Å². The van der Waals surface area contributed by atoms with Crippen LogP contribution in [0.3, 0.4) is 0 Å². The highest BCUT2D eigenvalue weighted by atomic mass is 35.5. The molecule has 150 valence electrons. The molecule has 1 heterocycles. The summed E-state index contributed by atoms with van der Waals surface area (Å²) in [6.07, 6.45) is 3.74. The topological polar surface area (TPSA) is 108 Å². The number of nitrogens with zero attached hydrogens (tertiary/aromatic N) is 1. The van der Waals surface area contributed by atoms with Crippen LogP contribution in [0.1, 0.15) is 44.1 Å². The molecule has 1 aliphatic heterocycles. The molecule has 0 atom stereocenters. The van der Waals surface area contributed by atoms with E-state index in [1.165, 1.54) is 4.90 Å². The lowest BCUT2D eigenvalue weighted by Gasteiger charge is -2.19. The molecule has 8 nitrogen and oxygen atoms in total. The van der Waals surface area contributed by atoms with Gasteiger partial charge in [0.1, 0.15) is 5.54 Å². The monoisotopic (exact) mass is 406 g/mol. The molecule has 0 unspecified atom stereocenters. The first-order chi connectivity index (χ1) is 13.4. The van der Waals surface area contributed by atoms with E-state index in [2.05, 4.69) is 16.2 Å². The van der Waals surface area contributed by atoms with Crippen LogP contribution in [0, 0.1) is 0 Å². The van der Waals surface area contributed by atoms with Crippen LogP contribution in [-0.2, 0) is 20.8 Å². The van der Waals surface area contributed by atoms with Gasteiger partial charge in [-0.05, 0) is 37.0 Å². The van der Waals surface area contributed by atoms with Gasteiger partial charge in [-0.15, -0.1) is 0 Å². The van der Waals surface area contributed by atoms with Gasteiger partial charge < -0.3 is 5.32 Å². The second-order valence-electron chi connectivity index (χ2n) is 7.18. The minimum absolute atomic E-state index is 0.0886. The number of amides is 5. The Labute approximate surface area is 167 Å². The number of hydrogen-bond acceptors (Lipinski definition) is 4. The quantitative estimate of drug-likeness (QED) is 0.493. The second kappa shape index (κ2) is 8.60. The summed E-state index contributed by atoms with van der Waals surface area (Å²) in [7, 11) is 0. The molecule has 28 heavy (non-hydrogen) atoms. The van der Waals surface area contributed by atoms with Gasteiger partial charge in [0, 0.05) is 18.0 Å². The van der Waals surface area contributed by atoms with Crippen molar-refractivity contribution in [3.8, 4) is 0 Å². The number of hydrazine groups is 1. The van der Waals surface area contributed by atoms with E-state index in [1.54, 1.807) is 24.3 Å². The van der Waals surface area contributed by atoms with E-state index in [-0.39, 0.29) is 43.1 Å². The number of rotatable bonds is 6. The van der Waals surface area contributed by atoms with Crippen LogP contribution in [0.25, 0.3) is 0 Å². The fourth-order valence-electron chi connectivity index (χ4n) is 3.63. The first kappa shape index (κ1) is 20.1. The third-order valence-electron chi connectivity index (χ3n) is 5.11. The van der Waals surface area contributed by atoms with Crippen molar-refractivity contribution < 1.29 is 19.2 Å². The number of halogens is 1. The Morgan fingerprint density at radius 2 is 1.71 bits per heavy atom. The van der Waals surface area contributed by atoms with Gasteiger partial charge in [0.15, 0.2) is 0 Å². The summed E-state index contributed by atoms with van der Waals surface area (Å²) in [6, 6.07) is 6.46. The van der Waals surface area contributed by atoms with Crippen molar-refractivity contribution in [3.05, 3.63) is 34.9 Å². The lowest BCUT2D eigenvalue weighted by molar-refractivity contribution is -0.131. The zero-order valence-electron chi connectivity index (χ0n) is 15.4. The Bertz CT molecular complexity index is 775. The Morgan fingerprint density at radius 1 is 1.07 bits per heavy atom. The maximum atomic E-state index is 12.5. The van der Waals surface area contributed by atoms with Gasteiger partial charge in [-0.25, -0.2) is 4.79 Å². The molecule has 1 saturated carbocycles. The molecule has 1 saturated heterocycles. The first-order valence-electron chi connectivity index (χ1n) is 9.36. The Kier molecular flexibility index (Phi) is 6.18. The molecule has 0 aromatic heterocycles. The molecule has 1 aromatic carbocycles. The minimum atomic E-state index is -0.727. The molecular formula is C19H23ClN4O4. The molecule has 3 rings (SSSR count). The molecule has 9 heteroatoms. The summed E-state index contributed by atoms with van der Waals surface area (Å²) in [5.74, 6) is -0.924. The van der Waals surface area contributed by atoms with Crippen molar-refractivity contribution in [2.45, 2.75) is 50.5 Å². The van der Waals surface area contributed by atoms with Crippen LogP contribution in [0.4, 0.5) is 4.79 Å². The molecular weight excluding hydrogens is 384 g/mol. The predicted molar refractivity (Wildman–Crippen MR) is 102 cm³/mol. The van der Waals surface area contributed by atoms with E-state index in [4.69, 9.17) is 11.6 Å². The highest BCUT2D eigenvalue weighted by molar-refractivity contribution is 6.30.